The van der Waals surface area contributed by atoms with E-state index < -0.39 is 0 Å². The van der Waals surface area contributed by atoms with Crippen LogP contribution in [-0.4, -0.2) is 54.8 Å². The molecule has 6 heteroatoms. The number of anilines is 1. The van der Waals surface area contributed by atoms with E-state index in [-0.39, 0.29) is 17.7 Å². The van der Waals surface area contributed by atoms with Gasteiger partial charge in [-0.3, -0.25) is 14.5 Å². The SMILES string of the molecule is CC1CC1C(=O)Nc1ccc(C(=O)NCc2ccc(CN3CCN(C)CC3)cc2)cc1. The fourth-order valence-electron chi connectivity index (χ4n) is 3.94. The van der Waals surface area contributed by atoms with Gasteiger partial charge in [0.1, 0.15) is 0 Å². The first-order valence-electron chi connectivity index (χ1n) is 11.2. The molecule has 2 aromatic rings. The van der Waals surface area contributed by atoms with Crippen molar-refractivity contribution >= 4 is 17.5 Å². The summed E-state index contributed by atoms with van der Waals surface area (Å²) in [6.07, 6.45) is 0.961. The predicted octanol–water partition coefficient (Wildman–Crippen LogP) is 2.96. The molecule has 0 radical (unpaired) electrons. The van der Waals surface area contributed by atoms with Crippen molar-refractivity contribution in [3.8, 4) is 0 Å². The Morgan fingerprint density at radius 2 is 1.55 bits per heavy atom. The van der Waals surface area contributed by atoms with Gasteiger partial charge in [-0.1, -0.05) is 31.2 Å². The second-order valence-electron chi connectivity index (χ2n) is 8.96. The Morgan fingerprint density at radius 3 is 2.16 bits per heavy atom. The van der Waals surface area contributed by atoms with Crippen LogP contribution in [0.15, 0.2) is 48.5 Å². The van der Waals surface area contributed by atoms with Crippen molar-refractivity contribution in [2.24, 2.45) is 11.8 Å². The van der Waals surface area contributed by atoms with E-state index in [9.17, 15) is 9.59 Å². The molecule has 0 spiro atoms. The summed E-state index contributed by atoms with van der Waals surface area (Å²) >= 11 is 0. The zero-order valence-electron chi connectivity index (χ0n) is 18.4. The summed E-state index contributed by atoms with van der Waals surface area (Å²) in [5, 5.41) is 5.89. The van der Waals surface area contributed by atoms with Crippen LogP contribution in [-0.2, 0) is 17.9 Å². The molecule has 2 N–H and O–H groups in total. The van der Waals surface area contributed by atoms with E-state index in [0.29, 0.717) is 18.0 Å². The fourth-order valence-corrected chi connectivity index (χ4v) is 3.94. The van der Waals surface area contributed by atoms with Crippen LogP contribution in [0.1, 0.15) is 34.8 Å². The summed E-state index contributed by atoms with van der Waals surface area (Å²) in [4.78, 5) is 29.3. The maximum Gasteiger partial charge on any atom is 0.251 e. The summed E-state index contributed by atoms with van der Waals surface area (Å²) in [5.74, 6) is 0.567. The van der Waals surface area contributed by atoms with Crippen LogP contribution in [0.25, 0.3) is 0 Å². The molecule has 2 unspecified atom stereocenters. The van der Waals surface area contributed by atoms with Gasteiger partial charge in [0, 0.05) is 56.4 Å². The topological polar surface area (TPSA) is 64.7 Å². The third-order valence-corrected chi connectivity index (χ3v) is 6.34. The second-order valence-corrected chi connectivity index (χ2v) is 8.96. The Balaban J connectivity index is 1.23. The maximum atomic E-state index is 12.5. The van der Waals surface area contributed by atoms with Crippen molar-refractivity contribution in [2.75, 3.05) is 38.5 Å². The number of benzene rings is 2. The number of carbonyl (C=O) groups is 2. The lowest BCUT2D eigenvalue weighted by Gasteiger charge is -2.32. The third-order valence-electron chi connectivity index (χ3n) is 6.34. The van der Waals surface area contributed by atoms with E-state index in [4.69, 9.17) is 0 Å². The second kappa shape index (κ2) is 9.62. The zero-order valence-corrected chi connectivity index (χ0v) is 18.4. The first-order chi connectivity index (χ1) is 15.0. The molecular weight excluding hydrogens is 388 g/mol. The molecule has 1 saturated carbocycles. The minimum atomic E-state index is -0.116. The Labute approximate surface area is 184 Å². The van der Waals surface area contributed by atoms with Crippen molar-refractivity contribution in [3.05, 3.63) is 65.2 Å². The lowest BCUT2D eigenvalue weighted by Crippen LogP contribution is -2.43. The first-order valence-corrected chi connectivity index (χ1v) is 11.2. The van der Waals surface area contributed by atoms with Crippen LogP contribution in [0.3, 0.4) is 0 Å². The highest BCUT2D eigenvalue weighted by molar-refractivity contribution is 5.96. The van der Waals surface area contributed by atoms with Gasteiger partial charge in [-0.15, -0.1) is 0 Å². The molecule has 2 aliphatic rings. The molecule has 6 nitrogen and oxygen atoms in total. The van der Waals surface area contributed by atoms with Gasteiger partial charge >= 0.3 is 0 Å². The number of rotatable bonds is 7. The van der Waals surface area contributed by atoms with Crippen LogP contribution >= 0.6 is 0 Å². The molecule has 31 heavy (non-hydrogen) atoms. The Hall–Kier alpha value is -2.70. The van der Waals surface area contributed by atoms with Gasteiger partial charge in [-0.25, -0.2) is 0 Å². The summed E-state index contributed by atoms with van der Waals surface area (Å²) < 4.78 is 0. The molecule has 2 amide bonds. The van der Waals surface area contributed by atoms with Crippen LogP contribution in [0, 0.1) is 11.8 Å². The lowest BCUT2D eigenvalue weighted by molar-refractivity contribution is -0.117. The maximum absolute atomic E-state index is 12.5. The summed E-state index contributed by atoms with van der Waals surface area (Å²) in [5.41, 5.74) is 3.71. The van der Waals surface area contributed by atoms with E-state index in [1.807, 2.05) is 0 Å². The fraction of sp³-hybridized carbons (Fsp3) is 0.440. The Morgan fingerprint density at radius 1 is 0.935 bits per heavy atom. The number of likely N-dealkylation sites (N-methyl/N-ethyl adjacent to an activating group) is 1. The normalized spacial score (nSPS) is 21.5. The lowest BCUT2D eigenvalue weighted by atomic mass is 10.1. The van der Waals surface area contributed by atoms with Crippen molar-refractivity contribution in [2.45, 2.75) is 26.4 Å². The minimum Gasteiger partial charge on any atom is -0.348 e. The molecule has 2 fully saturated rings. The van der Waals surface area contributed by atoms with E-state index in [1.165, 1.54) is 5.56 Å². The highest BCUT2D eigenvalue weighted by Gasteiger charge is 2.39. The van der Waals surface area contributed by atoms with Gasteiger partial charge in [0.05, 0.1) is 0 Å². The van der Waals surface area contributed by atoms with Crippen molar-refractivity contribution < 1.29 is 9.59 Å². The van der Waals surface area contributed by atoms with E-state index in [2.05, 4.69) is 58.7 Å². The monoisotopic (exact) mass is 420 g/mol. The molecule has 2 aromatic carbocycles. The predicted molar refractivity (Wildman–Crippen MR) is 123 cm³/mol. The smallest absolute Gasteiger partial charge is 0.251 e. The standard InChI is InChI=1S/C25H32N4O2/c1-18-15-23(18)25(31)27-22-9-7-21(8-10-22)24(30)26-16-19-3-5-20(6-4-19)17-29-13-11-28(2)12-14-29/h3-10,18,23H,11-17H2,1-2H3,(H,26,30)(H,27,31). The van der Waals surface area contributed by atoms with Gasteiger partial charge in [-0.2, -0.15) is 0 Å². The van der Waals surface area contributed by atoms with Crippen molar-refractivity contribution in [1.82, 2.24) is 15.1 Å². The average molecular weight is 421 g/mol. The molecule has 1 aliphatic heterocycles. The molecule has 4 rings (SSSR count). The number of nitrogens with one attached hydrogen (secondary N) is 2. The molecule has 1 saturated heterocycles. The van der Waals surface area contributed by atoms with Crippen LogP contribution in [0.5, 0.6) is 0 Å². The van der Waals surface area contributed by atoms with Crippen LogP contribution in [0.4, 0.5) is 5.69 Å². The molecule has 0 bridgehead atoms. The molecular formula is C25H32N4O2. The van der Waals surface area contributed by atoms with Crippen LogP contribution < -0.4 is 10.6 Å². The molecule has 1 heterocycles. The van der Waals surface area contributed by atoms with Crippen molar-refractivity contribution in [3.63, 3.8) is 0 Å². The molecule has 1 aliphatic carbocycles. The van der Waals surface area contributed by atoms with Crippen LogP contribution in [0.2, 0.25) is 0 Å². The number of hydrogen-bond donors (Lipinski definition) is 2. The number of amides is 2. The average Bonchev–Trinajstić information content (AvgIpc) is 3.52. The van der Waals surface area contributed by atoms with Crippen molar-refractivity contribution in [1.29, 1.82) is 0 Å². The van der Waals surface area contributed by atoms with E-state index in [0.717, 1.165) is 50.4 Å². The Bertz CT molecular complexity index is 902. The highest BCUT2D eigenvalue weighted by atomic mass is 16.2. The van der Waals surface area contributed by atoms with E-state index >= 15 is 0 Å². The minimum absolute atomic E-state index is 0.0702. The molecule has 164 valence electrons. The largest absolute Gasteiger partial charge is 0.348 e. The Kier molecular flexibility index (Phi) is 6.68. The quantitative estimate of drug-likeness (QED) is 0.723. The summed E-state index contributed by atoms with van der Waals surface area (Å²) in [6, 6.07) is 15.5. The van der Waals surface area contributed by atoms with Gasteiger partial charge in [0.15, 0.2) is 0 Å². The number of nitrogens with zero attached hydrogens (tertiary/aromatic N) is 2. The zero-order chi connectivity index (χ0) is 21.8. The molecule has 2 atom stereocenters. The van der Waals surface area contributed by atoms with Gasteiger partial charge in [0.2, 0.25) is 5.91 Å². The summed E-state index contributed by atoms with van der Waals surface area (Å²) in [6.45, 7) is 8.01. The van der Waals surface area contributed by atoms with Gasteiger partial charge in [-0.05, 0) is 54.8 Å². The number of carbonyl (C=O) groups excluding carboxylic acids is 2. The van der Waals surface area contributed by atoms with Gasteiger partial charge < -0.3 is 15.5 Å². The summed E-state index contributed by atoms with van der Waals surface area (Å²) in [7, 11) is 2.17. The molecule has 0 aromatic heterocycles. The number of hydrogen-bond acceptors (Lipinski definition) is 4. The highest BCUT2D eigenvalue weighted by Crippen LogP contribution is 2.38. The third kappa shape index (κ3) is 5.93. The first kappa shape index (κ1) is 21.5. The van der Waals surface area contributed by atoms with E-state index in [1.54, 1.807) is 24.3 Å². The van der Waals surface area contributed by atoms with Gasteiger partial charge in [0.25, 0.3) is 5.91 Å². The number of piperazine rings is 1.